The number of methoxy groups -OCH3 is 1. The fourth-order valence-electron chi connectivity index (χ4n) is 5.12. The van der Waals surface area contributed by atoms with Crippen LogP contribution in [-0.2, 0) is 0 Å². The molecule has 9 heteroatoms. The van der Waals surface area contributed by atoms with E-state index in [0.29, 0.717) is 23.4 Å². The zero-order valence-electron chi connectivity index (χ0n) is 20.4. The smallest absolute Gasteiger partial charge is 0.318 e. The topological polar surface area (TPSA) is 80.6 Å². The van der Waals surface area contributed by atoms with Gasteiger partial charge in [-0.2, -0.15) is 9.97 Å². The minimum Gasteiger partial charge on any atom is -0.508 e. The highest BCUT2D eigenvalue weighted by molar-refractivity contribution is 5.99. The van der Waals surface area contributed by atoms with Gasteiger partial charge in [0, 0.05) is 17.7 Å². The molecule has 2 aliphatic rings. The number of ether oxygens (including phenoxy) is 2. The van der Waals surface area contributed by atoms with Crippen LogP contribution >= 0.6 is 0 Å². The first-order valence-electron chi connectivity index (χ1n) is 11.9. The third-order valence-corrected chi connectivity index (χ3v) is 6.77. The molecule has 186 valence electrons. The summed E-state index contributed by atoms with van der Waals surface area (Å²) in [5.74, 6) is 1.52. The predicted molar refractivity (Wildman–Crippen MR) is 133 cm³/mol. The molecule has 7 nitrogen and oxygen atoms in total. The summed E-state index contributed by atoms with van der Waals surface area (Å²) in [7, 11) is 1.42. The molecule has 1 unspecified atom stereocenters. The van der Waals surface area contributed by atoms with Gasteiger partial charge < -0.3 is 19.5 Å². The molecule has 5 rings (SSSR count). The number of phenolic OH excluding ortho intramolecular Hbond substituents is 1. The van der Waals surface area contributed by atoms with E-state index in [1.807, 2.05) is 0 Å². The summed E-state index contributed by atoms with van der Waals surface area (Å²) in [6, 6.07) is 2.81. The summed E-state index contributed by atoms with van der Waals surface area (Å²) < 4.78 is 42.2. The Morgan fingerprint density at radius 3 is 2.78 bits per heavy atom. The van der Waals surface area contributed by atoms with E-state index in [2.05, 4.69) is 25.8 Å². The first-order valence-corrected chi connectivity index (χ1v) is 11.9. The average Bonchev–Trinajstić information content (AvgIpc) is 3.17. The third kappa shape index (κ3) is 3.87. The highest BCUT2D eigenvalue weighted by Gasteiger charge is 2.33. The number of anilines is 1. The lowest BCUT2D eigenvalue weighted by atomic mass is 9.92. The Kier molecular flexibility index (Phi) is 6.12. The number of aromatic nitrogens is 3. The summed E-state index contributed by atoms with van der Waals surface area (Å²) in [5.41, 5.74) is 0.620. The predicted octanol–water partition coefficient (Wildman–Crippen LogP) is 5.33. The number of aromatic hydroxyl groups is 1. The lowest BCUT2D eigenvalue weighted by Crippen LogP contribution is -2.38. The minimum absolute atomic E-state index is 0.0144. The number of terminal acetylenes is 1. The molecule has 1 atom stereocenters. The van der Waals surface area contributed by atoms with Gasteiger partial charge in [0.15, 0.2) is 5.82 Å². The van der Waals surface area contributed by atoms with Crippen LogP contribution in [-0.4, -0.2) is 46.4 Å². The molecular formula is C27H26F2N4O3. The van der Waals surface area contributed by atoms with Gasteiger partial charge in [0.1, 0.15) is 40.6 Å². The Hall–Kier alpha value is -3.93. The quantitative estimate of drug-likeness (QED) is 0.495. The summed E-state index contributed by atoms with van der Waals surface area (Å²) in [6.07, 6.45) is 9.64. The van der Waals surface area contributed by atoms with Crippen LogP contribution in [0, 0.1) is 25.1 Å². The van der Waals surface area contributed by atoms with Crippen molar-refractivity contribution in [2.75, 3.05) is 25.2 Å². The maximum absolute atomic E-state index is 16.3. The van der Waals surface area contributed by atoms with E-state index in [1.54, 1.807) is 6.92 Å². The summed E-state index contributed by atoms with van der Waals surface area (Å²) >= 11 is 0. The molecule has 1 fully saturated rings. The van der Waals surface area contributed by atoms with E-state index in [4.69, 9.17) is 15.9 Å². The lowest BCUT2D eigenvalue weighted by molar-refractivity contribution is 0.275. The number of hydrogen-bond donors (Lipinski definition) is 1. The molecule has 4 heterocycles. The number of rotatable bonds is 3. The normalized spacial score (nSPS) is 17.9. The maximum Gasteiger partial charge on any atom is 0.318 e. The largest absolute Gasteiger partial charge is 0.508 e. The first kappa shape index (κ1) is 23.8. The van der Waals surface area contributed by atoms with Crippen molar-refractivity contribution in [3.05, 3.63) is 34.9 Å². The molecule has 0 radical (unpaired) electrons. The zero-order valence-corrected chi connectivity index (χ0v) is 20.4. The molecule has 0 spiro atoms. The molecule has 3 aromatic rings. The molecule has 2 aliphatic heterocycles. The number of allylic oxidation sites excluding steroid dienone is 2. The lowest BCUT2D eigenvalue weighted by Gasteiger charge is -2.28. The van der Waals surface area contributed by atoms with Crippen LogP contribution in [0.5, 0.6) is 17.6 Å². The number of pyridine rings is 1. The van der Waals surface area contributed by atoms with Crippen molar-refractivity contribution in [1.82, 2.24) is 15.0 Å². The van der Waals surface area contributed by atoms with Crippen LogP contribution in [0.25, 0.3) is 27.7 Å². The van der Waals surface area contributed by atoms with Crippen LogP contribution in [0.1, 0.15) is 43.7 Å². The van der Waals surface area contributed by atoms with Gasteiger partial charge in [-0.15, -0.1) is 6.42 Å². The number of nitrogens with zero attached hydrogens (tertiary/aromatic N) is 4. The van der Waals surface area contributed by atoms with Crippen LogP contribution in [0.15, 0.2) is 18.0 Å². The number of fused-ring (bicyclic) bond motifs is 2. The van der Waals surface area contributed by atoms with Gasteiger partial charge in [0.25, 0.3) is 0 Å². The van der Waals surface area contributed by atoms with Crippen molar-refractivity contribution in [2.24, 2.45) is 0 Å². The van der Waals surface area contributed by atoms with Crippen molar-refractivity contribution in [1.29, 1.82) is 0 Å². The molecule has 2 aromatic heterocycles. The van der Waals surface area contributed by atoms with E-state index in [-0.39, 0.29) is 51.6 Å². The maximum atomic E-state index is 16.3. The summed E-state index contributed by atoms with van der Waals surface area (Å²) in [4.78, 5) is 15.6. The molecule has 0 saturated carbocycles. The summed E-state index contributed by atoms with van der Waals surface area (Å²) in [5, 5.41) is 10.7. The van der Waals surface area contributed by atoms with Gasteiger partial charge >= 0.3 is 6.01 Å². The van der Waals surface area contributed by atoms with Crippen molar-refractivity contribution in [3.63, 3.8) is 0 Å². The number of aryl methyl sites for hydroxylation is 1. The van der Waals surface area contributed by atoms with E-state index in [9.17, 15) is 9.50 Å². The second kappa shape index (κ2) is 9.26. The average molecular weight is 493 g/mol. The third-order valence-electron chi connectivity index (χ3n) is 6.77. The van der Waals surface area contributed by atoms with Gasteiger partial charge in [-0.05, 0) is 44.4 Å². The van der Waals surface area contributed by atoms with Crippen molar-refractivity contribution in [3.8, 4) is 41.2 Å². The summed E-state index contributed by atoms with van der Waals surface area (Å²) in [6.45, 7) is 3.98. The minimum atomic E-state index is -0.772. The Morgan fingerprint density at radius 1 is 1.25 bits per heavy atom. The van der Waals surface area contributed by atoms with E-state index in [1.165, 1.54) is 26.2 Å². The van der Waals surface area contributed by atoms with Crippen LogP contribution in [0.2, 0.25) is 0 Å². The molecule has 36 heavy (non-hydrogen) atoms. The van der Waals surface area contributed by atoms with Crippen LogP contribution in [0.3, 0.4) is 0 Å². The van der Waals surface area contributed by atoms with Crippen molar-refractivity contribution >= 4 is 22.3 Å². The fraction of sp³-hybridized carbons (Fsp3) is 0.370. The second-order valence-electron chi connectivity index (χ2n) is 9.08. The standard InChI is InChI=1S/C27H26F2N4O3/c1-5-18(15(3)28)20-14(2)11-17(34)12-19(20)23-22(29)24-21-25(32-27(31-24)35-4)33-10-8-6-7-9-16(33)13-36-26(21)30-23/h1,11-12,16,34H,6-10,13H2,2-4H3/b18-15+. The molecule has 0 amide bonds. The number of halogens is 2. The number of benzene rings is 1. The molecule has 0 aliphatic carbocycles. The number of hydrogen-bond acceptors (Lipinski definition) is 7. The Balaban J connectivity index is 1.85. The van der Waals surface area contributed by atoms with Crippen molar-refractivity contribution < 1.29 is 23.4 Å². The second-order valence-corrected chi connectivity index (χ2v) is 9.08. The Labute approximate surface area is 207 Å². The van der Waals surface area contributed by atoms with Gasteiger partial charge in [-0.1, -0.05) is 18.8 Å². The molecule has 1 N–H and O–H groups in total. The monoisotopic (exact) mass is 492 g/mol. The molecular weight excluding hydrogens is 466 g/mol. The highest BCUT2D eigenvalue weighted by Crippen LogP contribution is 2.43. The fourth-order valence-corrected chi connectivity index (χ4v) is 5.12. The van der Waals surface area contributed by atoms with Gasteiger partial charge in [0.05, 0.1) is 18.7 Å². The van der Waals surface area contributed by atoms with Crippen molar-refractivity contribution in [2.45, 2.75) is 45.6 Å². The molecule has 0 bridgehead atoms. The SMILES string of the molecule is C#C/C(=C(/C)F)c1c(C)cc(O)cc1-c1nc2c3c(nc(OC)nc3c1F)N1CCCCCC1CO2. The van der Waals surface area contributed by atoms with Crippen LogP contribution < -0.4 is 14.4 Å². The first-order chi connectivity index (χ1) is 17.3. The van der Waals surface area contributed by atoms with Crippen LogP contribution in [0.4, 0.5) is 14.6 Å². The van der Waals surface area contributed by atoms with Gasteiger partial charge in [-0.3, -0.25) is 0 Å². The van der Waals surface area contributed by atoms with Gasteiger partial charge in [-0.25, -0.2) is 13.8 Å². The van der Waals surface area contributed by atoms with Gasteiger partial charge in [0.2, 0.25) is 5.88 Å². The Morgan fingerprint density at radius 2 is 2.06 bits per heavy atom. The highest BCUT2D eigenvalue weighted by atomic mass is 19.1. The Bertz CT molecular complexity index is 1440. The van der Waals surface area contributed by atoms with E-state index >= 15 is 4.39 Å². The number of phenols is 1. The molecule has 1 saturated heterocycles. The van der Waals surface area contributed by atoms with E-state index < -0.39 is 11.6 Å². The molecule has 1 aromatic carbocycles. The zero-order chi connectivity index (χ0) is 25.6. The van der Waals surface area contributed by atoms with E-state index in [0.717, 1.165) is 32.2 Å².